The fraction of sp³-hybridized carbons (Fsp3) is 0.600. The molecule has 0 N–H and O–H groups in total. The standard InChI is InChI=1S/C20H24F2N2O2/c21-16-4-3-15(18(22)11-16)12-24(17-5-6-17)20(26)14-7-9-23(10-8-14)19(25)13-1-2-13/h3-4,11,13-14,17H,1-2,5-10,12H2. The van der Waals surface area contributed by atoms with Crippen LogP contribution in [0.5, 0.6) is 0 Å². The van der Waals surface area contributed by atoms with Crippen molar-refractivity contribution in [1.82, 2.24) is 9.80 Å². The molecule has 0 atom stereocenters. The summed E-state index contributed by atoms with van der Waals surface area (Å²) >= 11 is 0. The van der Waals surface area contributed by atoms with Gasteiger partial charge in [-0.2, -0.15) is 0 Å². The fourth-order valence-electron chi connectivity index (χ4n) is 3.78. The van der Waals surface area contributed by atoms with Crippen molar-refractivity contribution in [2.45, 2.75) is 51.1 Å². The second-order valence-corrected chi connectivity index (χ2v) is 7.81. The summed E-state index contributed by atoms with van der Waals surface area (Å²) in [6.07, 6.45) is 5.22. The first-order valence-electron chi connectivity index (χ1n) is 9.56. The predicted octanol–water partition coefficient (Wildman–Crippen LogP) is 3.10. The van der Waals surface area contributed by atoms with E-state index in [9.17, 15) is 18.4 Å². The van der Waals surface area contributed by atoms with E-state index in [4.69, 9.17) is 0 Å². The Morgan fingerprint density at radius 2 is 1.69 bits per heavy atom. The van der Waals surface area contributed by atoms with Crippen LogP contribution in [0.25, 0.3) is 0 Å². The van der Waals surface area contributed by atoms with Crippen LogP contribution in [0.4, 0.5) is 8.78 Å². The van der Waals surface area contributed by atoms with Gasteiger partial charge in [0.2, 0.25) is 11.8 Å². The average Bonchev–Trinajstić information content (AvgIpc) is 3.53. The molecule has 2 aliphatic carbocycles. The zero-order valence-corrected chi connectivity index (χ0v) is 14.8. The van der Waals surface area contributed by atoms with E-state index in [0.717, 1.165) is 31.7 Å². The molecular weight excluding hydrogens is 338 g/mol. The topological polar surface area (TPSA) is 40.6 Å². The highest BCUT2D eigenvalue weighted by Crippen LogP contribution is 2.34. The van der Waals surface area contributed by atoms with Gasteiger partial charge < -0.3 is 9.80 Å². The van der Waals surface area contributed by atoms with Gasteiger partial charge in [0, 0.05) is 49.1 Å². The van der Waals surface area contributed by atoms with Crippen molar-refractivity contribution in [3.8, 4) is 0 Å². The second kappa shape index (κ2) is 6.97. The van der Waals surface area contributed by atoms with E-state index in [-0.39, 0.29) is 36.2 Å². The number of rotatable bonds is 5. The number of hydrogen-bond donors (Lipinski definition) is 0. The van der Waals surface area contributed by atoms with Gasteiger partial charge in [-0.05, 0) is 44.6 Å². The van der Waals surface area contributed by atoms with E-state index >= 15 is 0 Å². The molecule has 2 amide bonds. The predicted molar refractivity (Wildman–Crippen MR) is 92.0 cm³/mol. The van der Waals surface area contributed by atoms with Gasteiger partial charge in [0.05, 0.1) is 0 Å². The molecule has 1 aromatic carbocycles. The summed E-state index contributed by atoms with van der Waals surface area (Å²) in [6, 6.07) is 3.69. The summed E-state index contributed by atoms with van der Waals surface area (Å²) in [4.78, 5) is 28.8. The van der Waals surface area contributed by atoms with Crippen LogP contribution in [0, 0.1) is 23.5 Å². The maximum atomic E-state index is 14.0. The Hall–Kier alpha value is -1.98. The minimum absolute atomic E-state index is 0.0507. The lowest BCUT2D eigenvalue weighted by atomic mass is 9.94. The molecule has 1 aromatic rings. The Balaban J connectivity index is 1.39. The van der Waals surface area contributed by atoms with Crippen LogP contribution in [-0.2, 0) is 16.1 Å². The molecule has 26 heavy (non-hydrogen) atoms. The fourth-order valence-corrected chi connectivity index (χ4v) is 3.78. The van der Waals surface area contributed by atoms with Gasteiger partial charge in [0.1, 0.15) is 11.6 Å². The van der Waals surface area contributed by atoms with Gasteiger partial charge in [-0.3, -0.25) is 9.59 Å². The van der Waals surface area contributed by atoms with Crippen LogP contribution in [0.3, 0.4) is 0 Å². The molecule has 0 bridgehead atoms. The summed E-state index contributed by atoms with van der Waals surface area (Å²) in [5.74, 6) is -0.816. The number of piperidine rings is 1. The molecule has 4 rings (SSSR count). The molecule has 1 heterocycles. The maximum Gasteiger partial charge on any atom is 0.226 e. The minimum atomic E-state index is -0.608. The van der Waals surface area contributed by atoms with E-state index in [1.54, 1.807) is 4.90 Å². The first kappa shape index (κ1) is 17.4. The van der Waals surface area contributed by atoms with Gasteiger partial charge in [0.25, 0.3) is 0 Å². The first-order valence-corrected chi connectivity index (χ1v) is 9.56. The van der Waals surface area contributed by atoms with Gasteiger partial charge in [0.15, 0.2) is 0 Å². The number of likely N-dealkylation sites (tertiary alicyclic amines) is 1. The van der Waals surface area contributed by atoms with Crippen molar-refractivity contribution in [2.24, 2.45) is 11.8 Å². The molecule has 4 nitrogen and oxygen atoms in total. The summed E-state index contributed by atoms with van der Waals surface area (Å²) in [7, 11) is 0. The Bertz CT molecular complexity index is 708. The maximum absolute atomic E-state index is 14.0. The van der Waals surface area contributed by atoms with Gasteiger partial charge >= 0.3 is 0 Å². The van der Waals surface area contributed by atoms with Crippen LogP contribution >= 0.6 is 0 Å². The number of nitrogens with zero attached hydrogens (tertiary/aromatic N) is 2. The number of amides is 2. The largest absolute Gasteiger partial charge is 0.342 e. The summed E-state index contributed by atoms with van der Waals surface area (Å²) in [6.45, 7) is 1.46. The van der Waals surface area contributed by atoms with E-state index in [2.05, 4.69) is 0 Å². The van der Waals surface area contributed by atoms with Gasteiger partial charge in [-0.15, -0.1) is 0 Å². The lowest BCUT2D eigenvalue weighted by Gasteiger charge is -2.34. The number of halogens is 2. The Labute approximate surface area is 152 Å². The van der Waals surface area contributed by atoms with Crippen LogP contribution in [0.2, 0.25) is 0 Å². The third kappa shape index (κ3) is 3.74. The van der Waals surface area contributed by atoms with Crippen molar-refractivity contribution in [2.75, 3.05) is 13.1 Å². The molecule has 0 radical (unpaired) electrons. The quantitative estimate of drug-likeness (QED) is 0.808. The smallest absolute Gasteiger partial charge is 0.226 e. The highest BCUT2D eigenvalue weighted by Gasteiger charge is 2.39. The number of hydrogen-bond acceptors (Lipinski definition) is 2. The van der Waals surface area contributed by atoms with Crippen LogP contribution in [-0.4, -0.2) is 40.7 Å². The number of benzene rings is 1. The third-order valence-electron chi connectivity index (χ3n) is 5.71. The van der Waals surface area contributed by atoms with Gasteiger partial charge in [-0.25, -0.2) is 8.78 Å². The molecule has 3 aliphatic rings. The minimum Gasteiger partial charge on any atom is -0.342 e. The van der Waals surface area contributed by atoms with Crippen molar-refractivity contribution < 1.29 is 18.4 Å². The molecule has 3 fully saturated rings. The highest BCUT2D eigenvalue weighted by atomic mass is 19.1. The normalized spacial score (nSPS) is 20.9. The van der Waals surface area contributed by atoms with Crippen LogP contribution in [0.1, 0.15) is 44.1 Å². The molecular formula is C20H24F2N2O2. The van der Waals surface area contributed by atoms with Crippen LogP contribution < -0.4 is 0 Å². The number of carbonyl (C=O) groups excluding carboxylic acids is 2. The van der Waals surface area contributed by atoms with E-state index < -0.39 is 11.6 Å². The van der Waals surface area contributed by atoms with Crippen molar-refractivity contribution in [3.63, 3.8) is 0 Å². The highest BCUT2D eigenvalue weighted by molar-refractivity contribution is 5.82. The lowest BCUT2D eigenvalue weighted by Crippen LogP contribution is -2.45. The molecule has 140 valence electrons. The molecule has 0 unspecified atom stereocenters. The monoisotopic (exact) mass is 362 g/mol. The van der Waals surface area contributed by atoms with Crippen molar-refractivity contribution in [3.05, 3.63) is 35.4 Å². The zero-order valence-electron chi connectivity index (χ0n) is 14.8. The molecule has 1 saturated heterocycles. The molecule has 0 spiro atoms. The average molecular weight is 362 g/mol. The Morgan fingerprint density at radius 1 is 1.00 bits per heavy atom. The molecule has 2 saturated carbocycles. The third-order valence-corrected chi connectivity index (χ3v) is 5.71. The van der Waals surface area contributed by atoms with E-state index in [1.165, 1.54) is 12.1 Å². The van der Waals surface area contributed by atoms with Crippen molar-refractivity contribution in [1.29, 1.82) is 0 Å². The SMILES string of the molecule is O=C(C1CC1)N1CCC(C(=O)N(Cc2ccc(F)cc2F)C2CC2)CC1. The summed E-state index contributed by atoms with van der Waals surface area (Å²) < 4.78 is 27.1. The Kier molecular flexibility index (Phi) is 4.67. The van der Waals surface area contributed by atoms with Crippen molar-refractivity contribution >= 4 is 11.8 Å². The summed E-state index contributed by atoms with van der Waals surface area (Å²) in [5, 5.41) is 0. The van der Waals surface area contributed by atoms with Crippen LogP contribution in [0.15, 0.2) is 18.2 Å². The molecule has 6 heteroatoms. The zero-order chi connectivity index (χ0) is 18.3. The van der Waals surface area contributed by atoms with E-state index in [0.29, 0.717) is 31.5 Å². The van der Waals surface area contributed by atoms with Gasteiger partial charge in [-0.1, -0.05) is 6.07 Å². The molecule has 1 aliphatic heterocycles. The second-order valence-electron chi connectivity index (χ2n) is 7.81. The first-order chi connectivity index (χ1) is 12.5. The Morgan fingerprint density at radius 3 is 2.27 bits per heavy atom. The lowest BCUT2D eigenvalue weighted by molar-refractivity contribution is -0.142. The summed E-state index contributed by atoms with van der Waals surface area (Å²) in [5.41, 5.74) is 0.355. The number of carbonyl (C=O) groups is 2. The van der Waals surface area contributed by atoms with E-state index in [1.807, 2.05) is 4.90 Å². The molecule has 0 aromatic heterocycles.